The van der Waals surface area contributed by atoms with Crippen molar-refractivity contribution in [3.8, 4) is 5.75 Å². The van der Waals surface area contributed by atoms with Gasteiger partial charge >= 0.3 is 0 Å². The predicted octanol–water partition coefficient (Wildman–Crippen LogP) is 3.05. The number of aromatic nitrogens is 4. The van der Waals surface area contributed by atoms with E-state index < -0.39 is 0 Å². The summed E-state index contributed by atoms with van der Waals surface area (Å²) in [5.41, 5.74) is 3.36. The van der Waals surface area contributed by atoms with E-state index in [4.69, 9.17) is 4.74 Å². The van der Waals surface area contributed by atoms with Crippen LogP contribution in [0.4, 0.5) is 5.69 Å². The van der Waals surface area contributed by atoms with Crippen LogP contribution in [0.2, 0.25) is 0 Å². The van der Waals surface area contributed by atoms with Crippen LogP contribution in [0.1, 0.15) is 30.1 Å². The van der Waals surface area contributed by atoms with E-state index in [1.165, 1.54) is 11.3 Å². The monoisotopic (exact) mass is 323 g/mol. The number of benzene rings is 1. The van der Waals surface area contributed by atoms with Gasteiger partial charge in [0.2, 0.25) is 0 Å². The fourth-order valence-electron chi connectivity index (χ4n) is 3.68. The average molecular weight is 323 g/mol. The second-order valence-corrected chi connectivity index (χ2v) is 6.30. The van der Waals surface area contributed by atoms with Crippen molar-refractivity contribution in [1.82, 2.24) is 20.2 Å². The van der Waals surface area contributed by atoms with Crippen molar-refractivity contribution in [3.63, 3.8) is 0 Å². The highest BCUT2D eigenvalue weighted by Gasteiger charge is 2.26. The highest BCUT2D eigenvalue weighted by Crippen LogP contribution is 2.36. The first-order chi connectivity index (χ1) is 11.8. The minimum atomic E-state index is 0.384. The maximum Gasteiger partial charge on any atom is 0.145 e. The number of piperidine rings is 1. The molecule has 0 aliphatic carbocycles. The van der Waals surface area contributed by atoms with Gasteiger partial charge in [-0.25, -0.2) is 4.98 Å². The number of anilines is 1. The van der Waals surface area contributed by atoms with Crippen LogP contribution >= 0.6 is 0 Å². The lowest BCUT2D eigenvalue weighted by Crippen LogP contribution is -2.35. The van der Waals surface area contributed by atoms with Crippen LogP contribution < -0.4 is 9.64 Å². The van der Waals surface area contributed by atoms with Gasteiger partial charge in [-0.2, -0.15) is 5.10 Å². The molecule has 1 fully saturated rings. The van der Waals surface area contributed by atoms with Crippen molar-refractivity contribution in [1.29, 1.82) is 0 Å². The van der Waals surface area contributed by atoms with Crippen molar-refractivity contribution >= 4 is 16.6 Å². The van der Waals surface area contributed by atoms with Gasteiger partial charge in [0.1, 0.15) is 23.4 Å². The molecule has 0 spiro atoms. The molecule has 0 bridgehead atoms. The number of H-pyrrole nitrogens is 1. The molecule has 1 unspecified atom stereocenters. The van der Waals surface area contributed by atoms with Gasteiger partial charge in [0.15, 0.2) is 0 Å². The third-order valence-electron chi connectivity index (χ3n) is 4.79. The van der Waals surface area contributed by atoms with Crippen molar-refractivity contribution in [2.45, 2.75) is 25.7 Å². The van der Waals surface area contributed by atoms with Gasteiger partial charge in [-0.3, -0.25) is 10.1 Å². The molecule has 0 amide bonds. The Labute approximate surface area is 140 Å². The van der Waals surface area contributed by atoms with Gasteiger partial charge in [-0.05, 0) is 31.4 Å². The van der Waals surface area contributed by atoms with Crippen molar-refractivity contribution in [2.24, 2.45) is 0 Å². The number of para-hydroxylation sites is 1. The van der Waals surface area contributed by atoms with Crippen molar-refractivity contribution in [3.05, 3.63) is 42.1 Å². The number of pyridine rings is 1. The first-order valence-corrected chi connectivity index (χ1v) is 8.30. The molecule has 0 radical (unpaired) electrons. The van der Waals surface area contributed by atoms with Gasteiger partial charge < -0.3 is 9.64 Å². The molecule has 1 atom stereocenters. The highest BCUT2D eigenvalue weighted by molar-refractivity contribution is 5.96. The number of hydrogen-bond acceptors (Lipinski definition) is 5. The Bertz CT molecular complexity index is 846. The minimum absolute atomic E-state index is 0.384. The Balaban J connectivity index is 1.76. The van der Waals surface area contributed by atoms with Crippen LogP contribution in [0.5, 0.6) is 5.75 Å². The average Bonchev–Trinajstić information content (AvgIpc) is 3.16. The lowest BCUT2D eigenvalue weighted by atomic mass is 9.95. The first-order valence-electron chi connectivity index (χ1n) is 8.30. The van der Waals surface area contributed by atoms with Crippen LogP contribution in [-0.4, -0.2) is 40.4 Å². The SMILES string of the molecule is COc1cccc2c(N3CCCC(c4ncn[nH]4)C3)c(C)cnc12. The molecule has 24 heavy (non-hydrogen) atoms. The van der Waals surface area contributed by atoms with E-state index in [9.17, 15) is 0 Å². The van der Waals surface area contributed by atoms with E-state index in [0.717, 1.165) is 48.4 Å². The molecule has 3 heterocycles. The van der Waals surface area contributed by atoms with Gasteiger partial charge in [0.05, 0.1) is 12.8 Å². The fourth-order valence-corrected chi connectivity index (χ4v) is 3.68. The molecule has 0 saturated carbocycles. The minimum Gasteiger partial charge on any atom is -0.494 e. The molecule has 6 nitrogen and oxygen atoms in total. The lowest BCUT2D eigenvalue weighted by molar-refractivity contribution is 0.419. The third-order valence-corrected chi connectivity index (χ3v) is 4.79. The summed E-state index contributed by atoms with van der Waals surface area (Å²) < 4.78 is 5.49. The summed E-state index contributed by atoms with van der Waals surface area (Å²) in [7, 11) is 1.69. The number of rotatable bonds is 3. The standard InChI is InChI=1S/C18H21N5O/c1-12-9-19-16-14(6-3-7-15(16)24-2)17(12)23-8-4-5-13(10-23)18-20-11-21-22-18/h3,6-7,9,11,13H,4-5,8,10H2,1-2H3,(H,20,21,22). The second-order valence-electron chi connectivity index (χ2n) is 6.30. The van der Waals surface area contributed by atoms with Crippen LogP contribution in [-0.2, 0) is 0 Å². The summed E-state index contributed by atoms with van der Waals surface area (Å²) in [5, 5.41) is 8.18. The van der Waals surface area contributed by atoms with Crippen LogP contribution in [0.15, 0.2) is 30.7 Å². The smallest absolute Gasteiger partial charge is 0.145 e. The summed E-state index contributed by atoms with van der Waals surface area (Å²) in [5.74, 6) is 2.18. The summed E-state index contributed by atoms with van der Waals surface area (Å²) in [4.78, 5) is 11.4. The number of methoxy groups -OCH3 is 1. The number of aromatic amines is 1. The zero-order valence-corrected chi connectivity index (χ0v) is 14.0. The maximum atomic E-state index is 5.49. The fraction of sp³-hybridized carbons (Fsp3) is 0.389. The van der Waals surface area contributed by atoms with Crippen LogP contribution in [0.3, 0.4) is 0 Å². The molecular formula is C18H21N5O. The Morgan fingerprint density at radius 3 is 3.00 bits per heavy atom. The summed E-state index contributed by atoms with van der Waals surface area (Å²) in [6.07, 6.45) is 5.81. The largest absolute Gasteiger partial charge is 0.494 e. The zero-order valence-electron chi connectivity index (χ0n) is 14.0. The first kappa shape index (κ1) is 14.9. The highest BCUT2D eigenvalue weighted by atomic mass is 16.5. The molecule has 1 saturated heterocycles. The van der Waals surface area contributed by atoms with Crippen LogP contribution in [0.25, 0.3) is 10.9 Å². The van der Waals surface area contributed by atoms with Crippen LogP contribution in [0, 0.1) is 6.92 Å². The molecule has 1 aliphatic heterocycles. The number of nitrogens with one attached hydrogen (secondary N) is 1. The Hall–Kier alpha value is -2.63. The number of ether oxygens (including phenoxy) is 1. The van der Waals surface area contributed by atoms with E-state index in [1.54, 1.807) is 13.4 Å². The second kappa shape index (κ2) is 6.11. The van der Waals surface area contributed by atoms with E-state index in [-0.39, 0.29) is 0 Å². The number of nitrogens with zero attached hydrogens (tertiary/aromatic N) is 4. The number of fused-ring (bicyclic) bond motifs is 1. The maximum absolute atomic E-state index is 5.49. The molecular weight excluding hydrogens is 302 g/mol. The molecule has 124 valence electrons. The number of aryl methyl sites for hydroxylation is 1. The molecule has 2 aromatic heterocycles. The topological polar surface area (TPSA) is 66.9 Å². The van der Waals surface area contributed by atoms with E-state index in [0.29, 0.717) is 5.92 Å². The summed E-state index contributed by atoms with van der Waals surface area (Å²) >= 11 is 0. The molecule has 1 N–H and O–H groups in total. The van der Waals surface area contributed by atoms with E-state index in [2.05, 4.69) is 38.1 Å². The zero-order chi connectivity index (χ0) is 16.5. The van der Waals surface area contributed by atoms with Gasteiger partial charge in [0.25, 0.3) is 0 Å². The van der Waals surface area contributed by atoms with Crippen molar-refractivity contribution < 1.29 is 4.74 Å². The molecule has 6 heteroatoms. The molecule has 4 rings (SSSR count). The van der Waals surface area contributed by atoms with Gasteiger partial charge in [0, 0.05) is 30.6 Å². The molecule has 3 aromatic rings. The lowest BCUT2D eigenvalue weighted by Gasteiger charge is -2.35. The number of hydrogen-bond donors (Lipinski definition) is 1. The molecule has 1 aliphatic rings. The third kappa shape index (κ3) is 2.48. The Morgan fingerprint density at radius 1 is 1.29 bits per heavy atom. The summed E-state index contributed by atoms with van der Waals surface area (Å²) in [6, 6.07) is 6.12. The Morgan fingerprint density at radius 2 is 2.21 bits per heavy atom. The van der Waals surface area contributed by atoms with E-state index in [1.807, 2.05) is 18.3 Å². The quantitative estimate of drug-likeness (QED) is 0.802. The normalized spacial score (nSPS) is 18.1. The molecule has 1 aromatic carbocycles. The van der Waals surface area contributed by atoms with Gasteiger partial charge in [-0.15, -0.1) is 0 Å². The van der Waals surface area contributed by atoms with Gasteiger partial charge in [-0.1, -0.05) is 12.1 Å². The predicted molar refractivity (Wildman–Crippen MR) is 93.6 cm³/mol. The van der Waals surface area contributed by atoms with Crippen molar-refractivity contribution in [2.75, 3.05) is 25.1 Å². The summed E-state index contributed by atoms with van der Waals surface area (Å²) in [6.45, 7) is 4.10. The Kier molecular flexibility index (Phi) is 3.80. The van der Waals surface area contributed by atoms with E-state index >= 15 is 0 Å².